The molecule has 0 atom stereocenters. The third kappa shape index (κ3) is 1.91. The van der Waals surface area contributed by atoms with Crippen LogP contribution < -0.4 is 11.3 Å². The zero-order chi connectivity index (χ0) is 12.0. The maximum atomic E-state index is 11.5. The summed E-state index contributed by atoms with van der Waals surface area (Å²) in [4.78, 5) is 18.6. The van der Waals surface area contributed by atoms with Crippen LogP contribution in [-0.2, 0) is 0 Å². The number of nitrogen functional groups attached to an aromatic ring is 1. The molecule has 3 N–H and O–H groups in total. The molecule has 3 rings (SSSR count). The van der Waals surface area contributed by atoms with E-state index in [1.165, 1.54) is 16.9 Å². The topological polar surface area (TPSA) is 89.6 Å². The quantitative estimate of drug-likeness (QED) is 0.835. The van der Waals surface area contributed by atoms with E-state index in [4.69, 9.17) is 17.3 Å². The highest BCUT2D eigenvalue weighted by Crippen LogP contribution is 2.37. The molecule has 0 amide bonds. The van der Waals surface area contributed by atoms with Gasteiger partial charge in [0.2, 0.25) is 0 Å². The van der Waals surface area contributed by atoms with Crippen molar-refractivity contribution in [2.24, 2.45) is 0 Å². The van der Waals surface area contributed by atoms with E-state index in [-0.39, 0.29) is 11.4 Å². The first-order chi connectivity index (χ1) is 8.13. The number of nitrogens with zero attached hydrogens (tertiary/aromatic N) is 3. The molecule has 2 aromatic rings. The van der Waals surface area contributed by atoms with Crippen LogP contribution in [0.1, 0.15) is 24.6 Å². The van der Waals surface area contributed by atoms with Gasteiger partial charge in [-0.05, 0) is 12.8 Å². The van der Waals surface area contributed by atoms with Crippen LogP contribution >= 0.6 is 11.6 Å². The fraction of sp³-hybridized carbons (Fsp3) is 0.300. The summed E-state index contributed by atoms with van der Waals surface area (Å²) < 4.78 is 1.42. The van der Waals surface area contributed by atoms with E-state index in [0.29, 0.717) is 22.6 Å². The lowest BCUT2D eigenvalue weighted by atomic mass is 10.4. The van der Waals surface area contributed by atoms with Crippen molar-refractivity contribution in [2.45, 2.75) is 18.8 Å². The van der Waals surface area contributed by atoms with Crippen molar-refractivity contribution in [2.75, 3.05) is 5.73 Å². The van der Waals surface area contributed by atoms with Gasteiger partial charge in [0.05, 0.1) is 6.20 Å². The maximum absolute atomic E-state index is 11.5. The fourth-order valence-electron chi connectivity index (χ4n) is 1.61. The van der Waals surface area contributed by atoms with E-state index in [2.05, 4.69) is 15.1 Å². The van der Waals surface area contributed by atoms with Crippen molar-refractivity contribution in [3.8, 4) is 5.82 Å². The molecule has 1 aliphatic carbocycles. The molecule has 2 heterocycles. The summed E-state index contributed by atoms with van der Waals surface area (Å²) in [5.74, 6) is 1.74. The minimum absolute atomic E-state index is 0.193. The van der Waals surface area contributed by atoms with Gasteiger partial charge >= 0.3 is 0 Å². The van der Waals surface area contributed by atoms with Crippen molar-refractivity contribution in [3.05, 3.63) is 33.5 Å². The van der Waals surface area contributed by atoms with Crippen molar-refractivity contribution in [1.29, 1.82) is 0 Å². The first-order valence-corrected chi connectivity index (χ1v) is 5.63. The lowest BCUT2D eigenvalue weighted by Crippen LogP contribution is -2.13. The van der Waals surface area contributed by atoms with E-state index in [1.54, 1.807) is 0 Å². The van der Waals surface area contributed by atoms with Crippen LogP contribution in [0.2, 0.25) is 5.02 Å². The molecule has 0 unspecified atom stereocenters. The minimum Gasteiger partial charge on any atom is -0.381 e. The van der Waals surface area contributed by atoms with Gasteiger partial charge < -0.3 is 10.7 Å². The highest BCUT2D eigenvalue weighted by atomic mass is 35.5. The van der Waals surface area contributed by atoms with Crippen molar-refractivity contribution in [3.63, 3.8) is 0 Å². The molecule has 2 aromatic heterocycles. The molecule has 0 aromatic carbocycles. The van der Waals surface area contributed by atoms with Crippen LogP contribution in [0.5, 0.6) is 0 Å². The lowest BCUT2D eigenvalue weighted by Gasteiger charge is -2.02. The predicted octanol–water partition coefficient (Wildman–Crippen LogP) is 1.07. The maximum Gasteiger partial charge on any atom is 0.253 e. The zero-order valence-corrected chi connectivity index (χ0v) is 9.61. The van der Waals surface area contributed by atoms with Gasteiger partial charge in [-0.1, -0.05) is 11.6 Å². The van der Waals surface area contributed by atoms with Gasteiger partial charge in [0.15, 0.2) is 11.6 Å². The first-order valence-electron chi connectivity index (χ1n) is 5.26. The summed E-state index contributed by atoms with van der Waals surface area (Å²) in [6, 6.07) is 1.37. The molecule has 0 saturated heterocycles. The second kappa shape index (κ2) is 3.59. The monoisotopic (exact) mass is 251 g/mol. The predicted molar refractivity (Wildman–Crippen MR) is 63.4 cm³/mol. The van der Waals surface area contributed by atoms with Gasteiger partial charge in [-0.25, -0.2) is 9.67 Å². The van der Waals surface area contributed by atoms with E-state index in [9.17, 15) is 4.79 Å². The molecule has 1 saturated carbocycles. The highest BCUT2D eigenvalue weighted by Gasteiger charge is 2.26. The highest BCUT2D eigenvalue weighted by molar-refractivity contribution is 6.32. The minimum atomic E-state index is -0.193. The molecule has 17 heavy (non-hydrogen) atoms. The summed E-state index contributed by atoms with van der Waals surface area (Å²) in [5, 5.41) is 4.34. The second-order valence-corrected chi connectivity index (χ2v) is 4.48. The summed E-state index contributed by atoms with van der Waals surface area (Å²) in [6.07, 6.45) is 3.66. The van der Waals surface area contributed by atoms with Gasteiger partial charge in [0.1, 0.15) is 10.8 Å². The van der Waals surface area contributed by atoms with Crippen molar-refractivity contribution in [1.82, 2.24) is 19.7 Å². The molecule has 88 valence electrons. The van der Waals surface area contributed by atoms with Crippen molar-refractivity contribution >= 4 is 17.4 Å². The Kier molecular flexibility index (Phi) is 2.19. The van der Waals surface area contributed by atoms with Gasteiger partial charge in [-0.2, -0.15) is 0 Å². The lowest BCUT2D eigenvalue weighted by molar-refractivity contribution is 0.805. The number of nitrogens with one attached hydrogen (secondary N) is 1. The summed E-state index contributed by atoms with van der Waals surface area (Å²) >= 11 is 5.81. The molecule has 0 bridgehead atoms. The van der Waals surface area contributed by atoms with E-state index in [0.717, 1.165) is 12.8 Å². The molecule has 1 fully saturated rings. The molecule has 0 spiro atoms. The van der Waals surface area contributed by atoms with Gasteiger partial charge in [-0.15, -0.1) is 5.10 Å². The van der Waals surface area contributed by atoms with Crippen LogP contribution in [0.15, 0.2) is 17.1 Å². The van der Waals surface area contributed by atoms with Crippen molar-refractivity contribution < 1.29 is 0 Å². The number of nitrogens with two attached hydrogens (primary N) is 1. The van der Waals surface area contributed by atoms with E-state index < -0.39 is 0 Å². The second-order valence-electron chi connectivity index (χ2n) is 4.07. The Morgan fingerprint density at radius 3 is 2.88 bits per heavy atom. The Morgan fingerprint density at radius 2 is 2.29 bits per heavy atom. The SMILES string of the molecule is Nc1nn(-c2cc(=O)[nH]c(C3CC3)n2)cc1Cl. The molecule has 0 aliphatic heterocycles. The van der Waals surface area contributed by atoms with Crippen LogP contribution in [-0.4, -0.2) is 19.7 Å². The Hall–Kier alpha value is -1.82. The molecular weight excluding hydrogens is 242 g/mol. The number of halogens is 1. The fourth-order valence-corrected chi connectivity index (χ4v) is 1.74. The standard InChI is InChI=1S/C10H10ClN5O/c11-6-4-16(15-9(6)12)7-3-8(17)14-10(13-7)5-1-2-5/h3-5H,1-2H2,(H2,12,15)(H,13,14,17). The average molecular weight is 252 g/mol. The van der Waals surface area contributed by atoms with Crippen LogP contribution in [0.3, 0.4) is 0 Å². The smallest absolute Gasteiger partial charge is 0.253 e. The average Bonchev–Trinajstić information content (AvgIpc) is 3.06. The zero-order valence-electron chi connectivity index (χ0n) is 8.85. The number of aromatic nitrogens is 4. The van der Waals surface area contributed by atoms with Crippen LogP contribution in [0.25, 0.3) is 5.82 Å². The van der Waals surface area contributed by atoms with E-state index >= 15 is 0 Å². The van der Waals surface area contributed by atoms with Gasteiger partial charge in [0, 0.05) is 12.0 Å². The number of hydrogen-bond acceptors (Lipinski definition) is 4. The Bertz CT molecular complexity index is 608. The number of anilines is 1. The number of hydrogen-bond donors (Lipinski definition) is 2. The Balaban J connectivity index is 2.10. The summed E-state index contributed by atoms with van der Waals surface area (Å²) in [7, 11) is 0. The first kappa shape index (κ1) is 10.3. The molecule has 7 heteroatoms. The summed E-state index contributed by atoms with van der Waals surface area (Å²) in [6.45, 7) is 0. The Morgan fingerprint density at radius 1 is 1.53 bits per heavy atom. The third-order valence-corrected chi connectivity index (χ3v) is 2.93. The normalized spacial score (nSPS) is 15.1. The van der Waals surface area contributed by atoms with Gasteiger partial charge in [0.25, 0.3) is 5.56 Å². The summed E-state index contributed by atoms with van der Waals surface area (Å²) in [5.41, 5.74) is 5.36. The number of rotatable bonds is 2. The molecule has 1 aliphatic rings. The third-order valence-electron chi connectivity index (χ3n) is 2.64. The van der Waals surface area contributed by atoms with Crippen LogP contribution in [0.4, 0.5) is 5.82 Å². The molecule has 0 radical (unpaired) electrons. The number of aromatic amines is 1. The molecule has 6 nitrogen and oxygen atoms in total. The van der Waals surface area contributed by atoms with Gasteiger partial charge in [-0.3, -0.25) is 4.79 Å². The van der Waals surface area contributed by atoms with E-state index in [1.807, 2.05) is 0 Å². The Labute approximate surface area is 101 Å². The number of H-pyrrole nitrogens is 1. The van der Waals surface area contributed by atoms with Crippen LogP contribution in [0, 0.1) is 0 Å². The largest absolute Gasteiger partial charge is 0.381 e. The molecular formula is C10H10ClN5O.